The van der Waals surface area contributed by atoms with Gasteiger partial charge in [-0.3, -0.25) is 9.78 Å². The number of carbonyl (C=O) groups excluding carboxylic acids is 1. The average Bonchev–Trinajstić information content (AvgIpc) is 3.01. The smallest absolute Gasteiger partial charge is 0.252 e. The van der Waals surface area contributed by atoms with Crippen LogP contribution < -0.4 is 10.6 Å². The summed E-state index contributed by atoms with van der Waals surface area (Å²) in [4.78, 5) is 16.3. The zero-order valence-electron chi connectivity index (χ0n) is 13.3. The number of rotatable bonds is 6. The monoisotopic (exact) mass is 322 g/mol. The molecule has 0 radical (unpaired) electrons. The molecule has 2 heterocycles. The molecule has 0 saturated heterocycles. The van der Waals surface area contributed by atoms with E-state index in [1.54, 1.807) is 18.3 Å². The fourth-order valence-electron chi connectivity index (χ4n) is 2.27. The molecule has 3 aromatic rings. The van der Waals surface area contributed by atoms with E-state index in [9.17, 15) is 4.79 Å². The Morgan fingerprint density at radius 3 is 2.75 bits per heavy atom. The highest BCUT2D eigenvalue weighted by molar-refractivity contribution is 5.94. The van der Waals surface area contributed by atoms with Crippen LogP contribution in [0.5, 0.6) is 0 Å². The van der Waals surface area contributed by atoms with Gasteiger partial charge in [-0.25, -0.2) is 0 Å². The predicted octanol–water partition coefficient (Wildman–Crippen LogP) is 3.09. The van der Waals surface area contributed by atoms with Gasteiger partial charge in [0, 0.05) is 18.8 Å². The lowest BCUT2D eigenvalue weighted by atomic mass is 10.1. The van der Waals surface area contributed by atoms with Crippen LogP contribution in [0.4, 0.5) is 11.5 Å². The fraction of sp³-hybridized carbons (Fsp3) is 0.167. The van der Waals surface area contributed by atoms with Crippen molar-refractivity contribution in [2.75, 3.05) is 11.9 Å². The number of nitrogens with one attached hydrogen (secondary N) is 2. The van der Waals surface area contributed by atoms with Crippen LogP contribution in [-0.4, -0.2) is 22.6 Å². The largest absolute Gasteiger partial charge is 0.360 e. The second-order valence-corrected chi connectivity index (χ2v) is 5.40. The quantitative estimate of drug-likeness (QED) is 0.729. The summed E-state index contributed by atoms with van der Waals surface area (Å²) in [7, 11) is 0. The van der Waals surface area contributed by atoms with E-state index in [2.05, 4.69) is 20.8 Å². The van der Waals surface area contributed by atoms with Crippen LogP contribution in [0.2, 0.25) is 0 Å². The zero-order chi connectivity index (χ0) is 16.8. The van der Waals surface area contributed by atoms with Crippen LogP contribution in [0.3, 0.4) is 0 Å². The molecule has 0 spiro atoms. The average molecular weight is 322 g/mol. The van der Waals surface area contributed by atoms with E-state index in [1.807, 2.05) is 37.3 Å². The van der Waals surface area contributed by atoms with Crippen molar-refractivity contribution in [1.29, 1.82) is 0 Å². The lowest BCUT2D eigenvalue weighted by molar-refractivity contribution is 0.0954. The van der Waals surface area contributed by atoms with E-state index in [0.717, 1.165) is 6.42 Å². The molecule has 2 N–H and O–H groups in total. The fourth-order valence-corrected chi connectivity index (χ4v) is 2.27. The molecule has 0 atom stereocenters. The molecule has 122 valence electrons. The first-order valence-electron chi connectivity index (χ1n) is 7.68. The molecule has 1 aromatic carbocycles. The summed E-state index contributed by atoms with van der Waals surface area (Å²) in [6.07, 6.45) is 3.96. The van der Waals surface area contributed by atoms with Gasteiger partial charge in [0.15, 0.2) is 5.82 Å². The van der Waals surface area contributed by atoms with Crippen molar-refractivity contribution in [3.8, 4) is 0 Å². The lowest BCUT2D eigenvalue weighted by Gasteiger charge is -2.07. The van der Waals surface area contributed by atoms with Gasteiger partial charge in [-0.15, -0.1) is 0 Å². The van der Waals surface area contributed by atoms with Crippen LogP contribution in [0, 0.1) is 6.92 Å². The van der Waals surface area contributed by atoms with Gasteiger partial charge < -0.3 is 15.2 Å². The van der Waals surface area contributed by atoms with Crippen molar-refractivity contribution in [3.05, 3.63) is 71.7 Å². The Bertz CT molecular complexity index is 815. The Balaban J connectivity index is 1.57. The molecular formula is C18H18N4O2. The summed E-state index contributed by atoms with van der Waals surface area (Å²) in [5.74, 6) is 1.13. The minimum absolute atomic E-state index is 0.154. The molecule has 2 aromatic heterocycles. The number of aromatic nitrogens is 2. The molecular weight excluding hydrogens is 304 g/mol. The van der Waals surface area contributed by atoms with Gasteiger partial charge >= 0.3 is 0 Å². The normalized spacial score (nSPS) is 10.4. The van der Waals surface area contributed by atoms with Gasteiger partial charge in [0.1, 0.15) is 5.76 Å². The zero-order valence-corrected chi connectivity index (χ0v) is 13.3. The molecule has 1 amide bonds. The van der Waals surface area contributed by atoms with Crippen LogP contribution in [-0.2, 0) is 6.42 Å². The first kappa shape index (κ1) is 15.7. The van der Waals surface area contributed by atoms with E-state index in [-0.39, 0.29) is 5.91 Å². The molecule has 24 heavy (non-hydrogen) atoms. The summed E-state index contributed by atoms with van der Waals surface area (Å²) >= 11 is 0. The summed E-state index contributed by atoms with van der Waals surface area (Å²) in [5.41, 5.74) is 2.36. The third-order valence-corrected chi connectivity index (χ3v) is 3.44. The number of aryl methyl sites for hydroxylation is 1. The van der Waals surface area contributed by atoms with Crippen LogP contribution in [0.25, 0.3) is 0 Å². The summed E-state index contributed by atoms with van der Waals surface area (Å²) in [6.45, 7) is 2.38. The van der Waals surface area contributed by atoms with Gasteiger partial charge in [-0.1, -0.05) is 35.5 Å². The Morgan fingerprint density at radius 2 is 2.00 bits per heavy atom. The van der Waals surface area contributed by atoms with Crippen LogP contribution in [0.15, 0.2) is 59.4 Å². The van der Waals surface area contributed by atoms with E-state index in [4.69, 9.17) is 4.52 Å². The third kappa shape index (κ3) is 4.19. The van der Waals surface area contributed by atoms with Gasteiger partial charge in [0.2, 0.25) is 0 Å². The molecule has 0 unspecified atom stereocenters. The number of nitrogens with zero attached hydrogens (tertiary/aromatic N) is 2. The predicted molar refractivity (Wildman–Crippen MR) is 91.2 cm³/mol. The van der Waals surface area contributed by atoms with E-state index in [0.29, 0.717) is 29.4 Å². The number of hydrogen-bond donors (Lipinski definition) is 2. The summed E-state index contributed by atoms with van der Waals surface area (Å²) < 4.78 is 5.00. The van der Waals surface area contributed by atoms with Gasteiger partial charge in [-0.2, -0.15) is 0 Å². The maximum Gasteiger partial charge on any atom is 0.252 e. The minimum Gasteiger partial charge on any atom is -0.360 e. The second kappa shape index (κ2) is 7.41. The molecule has 6 nitrogen and oxygen atoms in total. The van der Waals surface area contributed by atoms with Crippen LogP contribution in [0.1, 0.15) is 21.7 Å². The standard InChI is InChI=1S/C18H18N4O2/c1-13-9-17(22-24-13)21-16-10-15(11-19-12-16)18(23)20-8-7-14-5-3-2-4-6-14/h2-6,9-12H,7-8H2,1H3,(H,20,23)(H,21,22). The molecule has 0 saturated carbocycles. The SMILES string of the molecule is Cc1cc(Nc2cncc(C(=O)NCCc3ccccc3)c2)no1. The first-order chi connectivity index (χ1) is 11.7. The Morgan fingerprint density at radius 1 is 1.17 bits per heavy atom. The highest BCUT2D eigenvalue weighted by Gasteiger charge is 2.08. The molecule has 0 aliphatic carbocycles. The van der Waals surface area contributed by atoms with Gasteiger partial charge in [0.05, 0.1) is 17.4 Å². The van der Waals surface area contributed by atoms with Crippen LogP contribution >= 0.6 is 0 Å². The van der Waals surface area contributed by atoms with Gasteiger partial charge in [-0.05, 0) is 25.0 Å². The molecule has 6 heteroatoms. The minimum atomic E-state index is -0.154. The summed E-state index contributed by atoms with van der Waals surface area (Å²) in [5, 5.41) is 9.81. The Labute approximate surface area is 139 Å². The van der Waals surface area contributed by atoms with Crippen molar-refractivity contribution in [2.24, 2.45) is 0 Å². The maximum absolute atomic E-state index is 12.2. The number of anilines is 2. The molecule has 3 rings (SSSR count). The highest BCUT2D eigenvalue weighted by Crippen LogP contribution is 2.16. The van der Waals surface area contributed by atoms with Gasteiger partial charge in [0.25, 0.3) is 5.91 Å². The number of benzene rings is 1. The van der Waals surface area contributed by atoms with Crippen molar-refractivity contribution < 1.29 is 9.32 Å². The molecule has 0 aliphatic rings. The second-order valence-electron chi connectivity index (χ2n) is 5.40. The summed E-state index contributed by atoms with van der Waals surface area (Å²) in [6, 6.07) is 13.5. The number of pyridine rings is 1. The molecule has 0 fully saturated rings. The van der Waals surface area contributed by atoms with E-state index < -0.39 is 0 Å². The first-order valence-corrected chi connectivity index (χ1v) is 7.68. The Kier molecular flexibility index (Phi) is 4.86. The lowest BCUT2D eigenvalue weighted by Crippen LogP contribution is -2.25. The molecule has 0 bridgehead atoms. The Hall–Kier alpha value is -3.15. The van der Waals surface area contributed by atoms with E-state index >= 15 is 0 Å². The third-order valence-electron chi connectivity index (χ3n) is 3.44. The number of amides is 1. The number of hydrogen-bond acceptors (Lipinski definition) is 5. The highest BCUT2D eigenvalue weighted by atomic mass is 16.5. The number of carbonyl (C=O) groups is 1. The van der Waals surface area contributed by atoms with Crippen molar-refractivity contribution in [1.82, 2.24) is 15.5 Å². The van der Waals surface area contributed by atoms with E-state index in [1.165, 1.54) is 11.8 Å². The maximum atomic E-state index is 12.2. The van der Waals surface area contributed by atoms with Crippen molar-refractivity contribution in [3.63, 3.8) is 0 Å². The van der Waals surface area contributed by atoms with Crippen molar-refractivity contribution >= 4 is 17.4 Å². The molecule has 0 aliphatic heterocycles. The topological polar surface area (TPSA) is 80.0 Å². The van der Waals surface area contributed by atoms with Crippen molar-refractivity contribution in [2.45, 2.75) is 13.3 Å².